The molecule has 0 aromatic heterocycles. The highest BCUT2D eigenvalue weighted by Crippen LogP contribution is 2.16. The molecule has 0 spiro atoms. The van der Waals surface area contributed by atoms with E-state index in [9.17, 15) is 0 Å². The number of benzene rings is 1. The highest BCUT2D eigenvalue weighted by atomic mass is 16.5. The number of hydrogen-bond acceptors (Lipinski definition) is 3. The normalized spacial score (nSPS) is 11.0. The fraction of sp³-hybridized carbons (Fsp3) is 0.500. The number of anilines is 1. The third-order valence-electron chi connectivity index (χ3n) is 2.60. The van der Waals surface area contributed by atoms with Gasteiger partial charge in [0, 0.05) is 18.8 Å². The molecule has 17 heavy (non-hydrogen) atoms. The molecule has 0 heterocycles. The lowest BCUT2D eigenvalue weighted by Crippen LogP contribution is -2.33. The molecule has 0 aliphatic rings. The Morgan fingerprint density at radius 1 is 1.41 bits per heavy atom. The average molecular weight is 232 g/mol. The van der Waals surface area contributed by atoms with Crippen molar-refractivity contribution >= 4 is 5.69 Å². The molecule has 3 nitrogen and oxygen atoms in total. The van der Waals surface area contributed by atoms with Crippen LogP contribution >= 0.6 is 0 Å². The highest BCUT2D eigenvalue weighted by molar-refractivity contribution is 5.51. The predicted octanol–water partition coefficient (Wildman–Crippen LogP) is 3.09. The molecule has 0 aliphatic carbocycles. The maximum Gasteiger partial charge on any atom is 0.0994 e. The molecule has 0 amide bonds. The van der Waals surface area contributed by atoms with Crippen LogP contribution in [0.25, 0.3) is 0 Å². The number of ether oxygens (including phenoxy) is 1. The number of rotatable bonds is 5. The Kier molecular flexibility index (Phi) is 4.53. The van der Waals surface area contributed by atoms with Crippen molar-refractivity contribution in [2.24, 2.45) is 0 Å². The second kappa shape index (κ2) is 5.70. The van der Waals surface area contributed by atoms with E-state index in [1.807, 2.05) is 32.0 Å². The first-order valence-electron chi connectivity index (χ1n) is 5.87. The number of nitrogens with zero attached hydrogens (tertiary/aromatic N) is 1. The van der Waals surface area contributed by atoms with Gasteiger partial charge in [-0.3, -0.25) is 0 Å². The molecular weight excluding hydrogens is 212 g/mol. The van der Waals surface area contributed by atoms with Gasteiger partial charge in [-0.1, -0.05) is 0 Å². The molecule has 1 rings (SSSR count). The molecule has 1 N–H and O–H groups in total. The summed E-state index contributed by atoms with van der Waals surface area (Å²) in [5, 5.41) is 12.2. The number of aryl methyl sites for hydroxylation is 1. The van der Waals surface area contributed by atoms with Crippen LogP contribution in [0.4, 0.5) is 5.69 Å². The van der Waals surface area contributed by atoms with Crippen molar-refractivity contribution in [3.05, 3.63) is 29.3 Å². The topological polar surface area (TPSA) is 45.0 Å². The Hall–Kier alpha value is -1.53. The number of hydrogen-bond donors (Lipinski definition) is 1. The molecule has 0 saturated carbocycles. The van der Waals surface area contributed by atoms with E-state index in [-0.39, 0.29) is 5.60 Å². The van der Waals surface area contributed by atoms with Crippen molar-refractivity contribution < 1.29 is 4.74 Å². The minimum atomic E-state index is -0.184. The van der Waals surface area contributed by atoms with E-state index in [2.05, 4.69) is 25.2 Å². The van der Waals surface area contributed by atoms with Crippen LogP contribution in [0, 0.1) is 18.3 Å². The lowest BCUT2D eigenvalue weighted by Gasteiger charge is -2.25. The summed E-state index contributed by atoms with van der Waals surface area (Å²) in [5.74, 6) is 0. The molecule has 3 heteroatoms. The molecule has 1 aromatic carbocycles. The molecule has 0 aliphatic heterocycles. The van der Waals surface area contributed by atoms with E-state index in [4.69, 9.17) is 10.00 Å². The van der Waals surface area contributed by atoms with Crippen molar-refractivity contribution in [1.29, 1.82) is 5.26 Å². The second-order valence-electron chi connectivity index (χ2n) is 4.69. The number of nitriles is 1. The van der Waals surface area contributed by atoms with Crippen LogP contribution in [0.1, 0.15) is 31.9 Å². The van der Waals surface area contributed by atoms with Gasteiger partial charge in [0.25, 0.3) is 0 Å². The Bertz CT molecular complexity index is 419. The standard InChI is InChI=1S/C14H20N2O/c1-5-17-14(3,4)10-16-13-7-6-12(9-15)11(2)8-13/h6-8,16H,5,10H2,1-4H3. The Morgan fingerprint density at radius 2 is 2.12 bits per heavy atom. The van der Waals surface area contributed by atoms with Gasteiger partial charge < -0.3 is 10.1 Å². The van der Waals surface area contributed by atoms with E-state index in [1.54, 1.807) is 0 Å². The summed E-state index contributed by atoms with van der Waals surface area (Å²) in [6.07, 6.45) is 0. The molecule has 0 unspecified atom stereocenters. The average Bonchev–Trinajstić information content (AvgIpc) is 2.27. The molecule has 92 valence electrons. The van der Waals surface area contributed by atoms with Gasteiger partial charge >= 0.3 is 0 Å². The Balaban J connectivity index is 2.65. The van der Waals surface area contributed by atoms with Gasteiger partial charge in [0.2, 0.25) is 0 Å². The van der Waals surface area contributed by atoms with Gasteiger partial charge in [-0.05, 0) is 51.5 Å². The van der Waals surface area contributed by atoms with Crippen molar-refractivity contribution in [2.45, 2.75) is 33.3 Å². The third-order valence-corrected chi connectivity index (χ3v) is 2.60. The van der Waals surface area contributed by atoms with Gasteiger partial charge in [-0.25, -0.2) is 0 Å². The first-order valence-corrected chi connectivity index (χ1v) is 5.87. The predicted molar refractivity (Wildman–Crippen MR) is 70.1 cm³/mol. The summed E-state index contributed by atoms with van der Waals surface area (Å²) in [4.78, 5) is 0. The van der Waals surface area contributed by atoms with Gasteiger partial charge in [0.05, 0.1) is 17.2 Å². The molecule has 0 saturated heterocycles. The summed E-state index contributed by atoms with van der Waals surface area (Å²) in [7, 11) is 0. The van der Waals surface area contributed by atoms with Crippen molar-refractivity contribution in [3.8, 4) is 6.07 Å². The van der Waals surface area contributed by atoms with Crippen LogP contribution in [-0.2, 0) is 4.74 Å². The lowest BCUT2D eigenvalue weighted by atomic mass is 10.1. The van der Waals surface area contributed by atoms with E-state index < -0.39 is 0 Å². The first kappa shape index (κ1) is 13.5. The zero-order valence-electron chi connectivity index (χ0n) is 11.0. The van der Waals surface area contributed by atoms with Gasteiger partial charge in [0.1, 0.15) is 0 Å². The summed E-state index contributed by atoms with van der Waals surface area (Å²) in [6.45, 7) is 9.50. The highest BCUT2D eigenvalue weighted by Gasteiger charge is 2.16. The van der Waals surface area contributed by atoms with E-state index in [0.29, 0.717) is 6.61 Å². The quantitative estimate of drug-likeness (QED) is 0.848. The Labute approximate surface area is 103 Å². The monoisotopic (exact) mass is 232 g/mol. The Morgan fingerprint density at radius 3 is 2.65 bits per heavy atom. The zero-order chi connectivity index (χ0) is 12.9. The van der Waals surface area contributed by atoms with Gasteiger partial charge in [0.15, 0.2) is 0 Å². The molecule has 0 bridgehead atoms. The van der Waals surface area contributed by atoms with E-state index in [0.717, 1.165) is 23.4 Å². The van der Waals surface area contributed by atoms with Crippen LogP contribution in [0.3, 0.4) is 0 Å². The molecule has 0 atom stereocenters. The zero-order valence-corrected chi connectivity index (χ0v) is 11.0. The van der Waals surface area contributed by atoms with Crippen LogP contribution < -0.4 is 5.32 Å². The van der Waals surface area contributed by atoms with Crippen LogP contribution in [0.15, 0.2) is 18.2 Å². The van der Waals surface area contributed by atoms with E-state index >= 15 is 0 Å². The molecule has 1 aromatic rings. The van der Waals surface area contributed by atoms with Crippen LogP contribution in [-0.4, -0.2) is 18.8 Å². The molecular formula is C14H20N2O. The summed E-state index contributed by atoms with van der Waals surface area (Å²) in [6, 6.07) is 7.91. The maximum absolute atomic E-state index is 8.85. The summed E-state index contributed by atoms with van der Waals surface area (Å²) < 4.78 is 5.61. The number of nitrogens with one attached hydrogen (secondary N) is 1. The third kappa shape index (κ3) is 4.08. The second-order valence-corrected chi connectivity index (χ2v) is 4.69. The van der Waals surface area contributed by atoms with Gasteiger partial charge in [-0.2, -0.15) is 5.26 Å². The molecule has 0 radical (unpaired) electrons. The minimum absolute atomic E-state index is 0.184. The first-order chi connectivity index (χ1) is 7.98. The fourth-order valence-electron chi connectivity index (χ4n) is 1.66. The van der Waals surface area contributed by atoms with Crippen molar-refractivity contribution in [1.82, 2.24) is 0 Å². The smallest absolute Gasteiger partial charge is 0.0994 e. The van der Waals surface area contributed by atoms with Crippen molar-refractivity contribution in [2.75, 3.05) is 18.5 Å². The minimum Gasteiger partial charge on any atom is -0.382 e. The van der Waals surface area contributed by atoms with Crippen molar-refractivity contribution in [3.63, 3.8) is 0 Å². The SMILES string of the molecule is CCOC(C)(C)CNc1ccc(C#N)c(C)c1. The van der Waals surface area contributed by atoms with E-state index in [1.165, 1.54) is 0 Å². The summed E-state index contributed by atoms with van der Waals surface area (Å²) >= 11 is 0. The summed E-state index contributed by atoms with van der Waals surface area (Å²) in [5.41, 5.74) is 2.55. The lowest BCUT2D eigenvalue weighted by molar-refractivity contribution is 0.000697. The van der Waals surface area contributed by atoms with Crippen LogP contribution in [0.5, 0.6) is 0 Å². The fourth-order valence-corrected chi connectivity index (χ4v) is 1.66. The van der Waals surface area contributed by atoms with Crippen LogP contribution in [0.2, 0.25) is 0 Å². The largest absolute Gasteiger partial charge is 0.382 e. The van der Waals surface area contributed by atoms with Gasteiger partial charge in [-0.15, -0.1) is 0 Å². The molecule has 0 fully saturated rings. The maximum atomic E-state index is 8.85.